The number of nitrogens with zero attached hydrogens (tertiary/aromatic N) is 1. The van der Waals surface area contributed by atoms with E-state index in [1.807, 2.05) is 0 Å². The maximum Gasteiger partial charge on any atom is 0.252 e. The SMILES string of the molecule is O=C(NCC(c1ccsc1)N1CCCC1)c1ccc(F)cc1Cl. The molecule has 1 saturated heterocycles. The lowest BCUT2D eigenvalue weighted by Crippen LogP contribution is -2.36. The third-order valence-corrected chi connectivity index (χ3v) is 5.16. The molecule has 6 heteroatoms. The number of benzene rings is 1. The summed E-state index contributed by atoms with van der Waals surface area (Å²) in [4.78, 5) is 14.7. The first-order chi connectivity index (χ1) is 11.1. The third kappa shape index (κ3) is 3.91. The van der Waals surface area contributed by atoms with Crippen LogP contribution in [0.5, 0.6) is 0 Å². The van der Waals surface area contributed by atoms with E-state index in [0.29, 0.717) is 12.1 Å². The highest BCUT2D eigenvalue weighted by molar-refractivity contribution is 7.07. The quantitative estimate of drug-likeness (QED) is 0.878. The molecule has 1 atom stereocenters. The number of thiophene rings is 1. The van der Waals surface area contributed by atoms with Crippen LogP contribution in [0.25, 0.3) is 0 Å². The van der Waals surface area contributed by atoms with Gasteiger partial charge in [-0.1, -0.05) is 11.6 Å². The summed E-state index contributed by atoms with van der Waals surface area (Å²) in [6, 6.07) is 6.10. The van der Waals surface area contributed by atoms with Crippen LogP contribution in [-0.2, 0) is 0 Å². The van der Waals surface area contributed by atoms with Crippen molar-refractivity contribution in [2.45, 2.75) is 18.9 Å². The van der Waals surface area contributed by atoms with Gasteiger partial charge in [-0.3, -0.25) is 9.69 Å². The molecule has 0 radical (unpaired) electrons. The van der Waals surface area contributed by atoms with Crippen LogP contribution in [0, 0.1) is 5.82 Å². The fourth-order valence-corrected chi connectivity index (χ4v) is 3.89. The lowest BCUT2D eigenvalue weighted by molar-refractivity contribution is 0.0938. The Hall–Kier alpha value is -1.43. The molecular formula is C17H18ClFN2OS. The molecule has 1 aliphatic rings. The molecule has 1 aromatic carbocycles. The van der Waals surface area contributed by atoms with Crippen molar-refractivity contribution in [2.24, 2.45) is 0 Å². The topological polar surface area (TPSA) is 32.3 Å². The second-order valence-corrected chi connectivity index (χ2v) is 6.84. The lowest BCUT2D eigenvalue weighted by Gasteiger charge is -2.27. The summed E-state index contributed by atoms with van der Waals surface area (Å²) >= 11 is 7.62. The van der Waals surface area contributed by atoms with Crippen LogP contribution < -0.4 is 5.32 Å². The molecule has 0 aliphatic carbocycles. The molecule has 1 aromatic heterocycles. The molecule has 0 bridgehead atoms. The molecule has 3 rings (SSSR count). The minimum Gasteiger partial charge on any atom is -0.350 e. The van der Waals surface area contributed by atoms with Gasteiger partial charge in [0, 0.05) is 6.54 Å². The zero-order valence-electron chi connectivity index (χ0n) is 12.6. The van der Waals surface area contributed by atoms with Gasteiger partial charge in [0.25, 0.3) is 5.91 Å². The summed E-state index contributed by atoms with van der Waals surface area (Å²) in [5.41, 5.74) is 1.53. The molecule has 1 N–H and O–H groups in total. The highest BCUT2D eigenvalue weighted by Gasteiger charge is 2.24. The van der Waals surface area contributed by atoms with Crippen LogP contribution in [-0.4, -0.2) is 30.4 Å². The Balaban J connectivity index is 1.69. The van der Waals surface area contributed by atoms with Crippen molar-refractivity contribution >= 4 is 28.8 Å². The molecule has 2 aromatic rings. The maximum atomic E-state index is 13.1. The van der Waals surface area contributed by atoms with Gasteiger partial charge in [-0.2, -0.15) is 11.3 Å². The highest BCUT2D eigenvalue weighted by Crippen LogP contribution is 2.26. The van der Waals surface area contributed by atoms with Crippen LogP contribution >= 0.6 is 22.9 Å². The average Bonchev–Trinajstić information content (AvgIpc) is 3.21. The van der Waals surface area contributed by atoms with Gasteiger partial charge in [0.1, 0.15) is 5.82 Å². The Bertz CT molecular complexity index is 671. The first kappa shape index (κ1) is 16.4. The Kier molecular flexibility index (Phi) is 5.30. The molecule has 23 heavy (non-hydrogen) atoms. The van der Waals surface area contributed by atoms with Gasteiger partial charge in [0.05, 0.1) is 16.6 Å². The van der Waals surface area contributed by atoms with Crippen molar-refractivity contribution in [1.82, 2.24) is 10.2 Å². The number of hydrogen-bond donors (Lipinski definition) is 1. The third-order valence-electron chi connectivity index (χ3n) is 4.14. The van der Waals surface area contributed by atoms with Gasteiger partial charge in [-0.15, -0.1) is 0 Å². The van der Waals surface area contributed by atoms with E-state index in [9.17, 15) is 9.18 Å². The standard InChI is InChI=1S/C17H18ClFN2OS/c18-15-9-13(19)3-4-14(15)17(22)20-10-16(12-5-8-23-11-12)21-6-1-2-7-21/h3-5,8-9,11,16H,1-2,6-7,10H2,(H,20,22). The van der Waals surface area contributed by atoms with E-state index < -0.39 is 5.82 Å². The van der Waals surface area contributed by atoms with Gasteiger partial charge in [0.15, 0.2) is 0 Å². The fraction of sp³-hybridized carbons (Fsp3) is 0.353. The van der Waals surface area contributed by atoms with E-state index in [1.54, 1.807) is 11.3 Å². The second kappa shape index (κ2) is 7.43. The Morgan fingerprint density at radius 3 is 2.78 bits per heavy atom. The first-order valence-electron chi connectivity index (χ1n) is 7.64. The molecule has 1 unspecified atom stereocenters. The number of carbonyl (C=O) groups excluding carboxylic acids is 1. The van der Waals surface area contributed by atoms with Gasteiger partial charge in [-0.05, 0) is 66.5 Å². The summed E-state index contributed by atoms with van der Waals surface area (Å²) in [6.45, 7) is 2.62. The largest absolute Gasteiger partial charge is 0.350 e. The number of carbonyl (C=O) groups is 1. The number of rotatable bonds is 5. The van der Waals surface area contributed by atoms with E-state index in [-0.39, 0.29) is 17.0 Å². The van der Waals surface area contributed by atoms with Crippen molar-refractivity contribution in [3.8, 4) is 0 Å². The van der Waals surface area contributed by atoms with Crippen molar-refractivity contribution in [3.63, 3.8) is 0 Å². The molecule has 1 amide bonds. The molecule has 122 valence electrons. The molecule has 0 spiro atoms. The van der Waals surface area contributed by atoms with E-state index in [2.05, 4.69) is 27.0 Å². The summed E-state index contributed by atoms with van der Waals surface area (Å²) in [5, 5.41) is 7.25. The summed E-state index contributed by atoms with van der Waals surface area (Å²) < 4.78 is 13.1. The lowest BCUT2D eigenvalue weighted by atomic mass is 10.1. The van der Waals surface area contributed by atoms with Crippen molar-refractivity contribution in [1.29, 1.82) is 0 Å². The number of likely N-dealkylation sites (tertiary alicyclic amines) is 1. The van der Waals surface area contributed by atoms with Crippen LogP contribution in [0.1, 0.15) is 34.8 Å². The molecular weight excluding hydrogens is 335 g/mol. The average molecular weight is 353 g/mol. The zero-order valence-corrected chi connectivity index (χ0v) is 14.2. The van der Waals surface area contributed by atoms with Gasteiger partial charge in [-0.25, -0.2) is 4.39 Å². The van der Waals surface area contributed by atoms with E-state index >= 15 is 0 Å². The van der Waals surface area contributed by atoms with E-state index in [0.717, 1.165) is 19.2 Å². The van der Waals surface area contributed by atoms with Crippen LogP contribution in [0.15, 0.2) is 35.0 Å². The number of halogens is 2. The van der Waals surface area contributed by atoms with E-state index in [4.69, 9.17) is 11.6 Å². The van der Waals surface area contributed by atoms with Crippen molar-refractivity contribution < 1.29 is 9.18 Å². The summed E-state index contributed by atoms with van der Waals surface area (Å²) in [5.74, 6) is -0.714. The number of nitrogens with one attached hydrogen (secondary N) is 1. The Labute approximate surface area is 144 Å². The minimum atomic E-state index is -0.445. The summed E-state index contributed by atoms with van der Waals surface area (Å²) in [6.07, 6.45) is 2.39. The smallest absolute Gasteiger partial charge is 0.252 e. The monoisotopic (exact) mass is 352 g/mol. The van der Waals surface area contributed by atoms with Crippen LogP contribution in [0.4, 0.5) is 4.39 Å². The highest BCUT2D eigenvalue weighted by atomic mass is 35.5. The van der Waals surface area contributed by atoms with Crippen LogP contribution in [0.2, 0.25) is 5.02 Å². The predicted octanol–water partition coefficient (Wildman–Crippen LogP) is 4.11. The molecule has 1 aliphatic heterocycles. The summed E-state index contributed by atoms with van der Waals surface area (Å²) in [7, 11) is 0. The number of amides is 1. The molecule has 0 saturated carbocycles. The van der Waals surface area contributed by atoms with Crippen LogP contribution in [0.3, 0.4) is 0 Å². The maximum absolute atomic E-state index is 13.1. The minimum absolute atomic E-state index is 0.135. The van der Waals surface area contributed by atoms with Crippen molar-refractivity contribution in [2.75, 3.05) is 19.6 Å². The number of hydrogen-bond acceptors (Lipinski definition) is 3. The molecule has 2 heterocycles. The molecule has 3 nitrogen and oxygen atoms in total. The van der Waals surface area contributed by atoms with Gasteiger partial charge >= 0.3 is 0 Å². The van der Waals surface area contributed by atoms with E-state index in [1.165, 1.54) is 30.5 Å². The van der Waals surface area contributed by atoms with Crippen molar-refractivity contribution in [3.05, 3.63) is 57.0 Å². The van der Waals surface area contributed by atoms with Gasteiger partial charge in [0.2, 0.25) is 0 Å². The zero-order chi connectivity index (χ0) is 16.2. The Morgan fingerprint density at radius 2 is 2.13 bits per heavy atom. The molecule has 1 fully saturated rings. The fourth-order valence-electron chi connectivity index (χ4n) is 2.93. The normalized spacial score (nSPS) is 16.4. The Morgan fingerprint density at radius 1 is 1.35 bits per heavy atom. The second-order valence-electron chi connectivity index (χ2n) is 5.65. The predicted molar refractivity (Wildman–Crippen MR) is 91.6 cm³/mol. The first-order valence-corrected chi connectivity index (χ1v) is 8.96. The van der Waals surface area contributed by atoms with Gasteiger partial charge < -0.3 is 5.32 Å².